The van der Waals surface area contributed by atoms with Crippen molar-refractivity contribution in [1.29, 1.82) is 0 Å². The van der Waals surface area contributed by atoms with Crippen LogP contribution in [0.15, 0.2) is 17.8 Å². The molecule has 1 rings (SSSR count). The summed E-state index contributed by atoms with van der Waals surface area (Å²) in [5.41, 5.74) is -0.0499. The third kappa shape index (κ3) is 4.51. The van der Waals surface area contributed by atoms with Gasteiger partial charge in [0.1, 0.15) is 5.70 Å². The Bertz CT molecular complexity index is 535. The van der Waals surface area contributed by atoms with Crippen LogP contribution >= 0.6 is 11.3 Å². The lowest BCUT2D eigenvalue weighted by Crippen LogP contribution is -2.26. The summed E-state index contributed by atoms with van der Waals surface area (Å²) in [7, 11) is 0. The summed E-state index contributed by atoms with van der Waals surface area (Å²) < 4.78 is 4.78. The topological polar surface area (TPSA) is 98.5 Å². The molecule has 0 atom stereocenters. The van der Waals surface area contributed by atoms with Crippen LogP contribution in [-0.2, 0) is 14.3 Å². The molecule has 0 aromatic carbocycles. The van der Waals surface area contributed by atoms with Gasteiger partial charge in [0.15, 0.2) is 0 Å². The average molecular weight is 284 g/mol. The number of ether oxygens (including phenoxy) is 1. The second kappa shape index (κ2) is 6.64. The van der Waals surface area contributed by atoms with E-state index in [1.807, 2.05) is 0 Å². The number of carbonyl (C=O) groups excluding carboxylic acids is 2. The Balaban J connectivity index is 3.00. The van der Waals surface area contributed by atoms with Crippen molar-refractivity contribution in [1.82, 2.24) is 5.32 Å². The molecule has 1 amide bonds. The van der Waals surface area contributed by atoms with Crippen LogP contribution in [0.3, 0.4) is 0 Å². The van der Waals surface area contributed by atoms with Crippen molar-refractivity contribution in [3.8, 4) is 0 Å². The lowest BCUT2D eigenvalue weighted by Gasteiger charge is -2.06. The molecule has 0 saturated carbocycles. The standard InChI is InChI=1S/C11H12N2O5S/c1-3-18-11(15)9(12-7(2)14)6-8-4-5-10(19-8)13(16)17/h4-6H,3H2,1-2H3,(H,12,14)/b9-6-. The number of thiophene rings is 1. The van der Waals surface area contributed by atoms with Crippen LogP contribution in [0.25, 0.3) is 6.08 Å². The predicted molar refractivity (Wildman–Crippen MR) is 69.4 cm³/mol. The highest BCUT2D eigenvalue weighted by Gasteiger charge is 2.14. The van der Waals surface area contributed by atoms with Crippen molar-refractivity contribution in [3.05, 3.63) is 32.8 Å². The Morgan fingerprint density at radius 2 is 2.21 bits per heavy atom. The number of esters is 1. The zero-order valence-electron chi connectivity index (χ0n) is 10.3. The molecule has 1 aromatic heterocycles. The highest BCUT2D eigenvalue weighted by atomic mass is 32.1. The second-order valence-electron chi connectivity index (χ2n) is 3.39. The van der Waals surface area contributed by atoms with Crippen LogP contribution in [0.1, 0.15) is 18.7 Å². The summed E-state index contributed by atoms with van der Waals surface area (Å²) in [6.07, 6.45) is 1.34. The van der Waals surface area contributed by atoms with Gasteiger partial charge in [-0.15, -0.1) is 0 Å². The van der Waals surface area contributed by atoms with Gasteiger partial charge in [0, 0.05) is 17.9 Å². The van der Waals surface area contributed by atoms with E-state index in [0.29, 0.717) is 4.88 Å². The van der Waals surface area contributed by atoms with Crippen molar-refractivity contribution < 1.29 is 19.2 Å². The number of carbonyl (C=O) groups is 2. The third-order valence-corrected chi connectivity index (χ3v) is 2.87. The van der Waals surface area contributed by atoms with Gasteiger partial charge in [-0.1, -0.05) is 11.3 Å². The lowest BCUT2D eigenvalue weighted by molar-refractivity contribution is -0.380. The fourth-order valence-electron chi connectivity index (χ4n) is 1.20. The van der Waals surface area contributed by atoms with Gasteiger partial charge in [0.25, 0.3) is 0 Å². The van der Waals surface area contributed by atoms with Gasteiger partial charge >= 0.3 is 11.0 Å². The quantitative estimate of drug-likeness (QED) is 0.384. The third-order valence-electron chi connectivity index (χ3n) is 1.89. The Hall–Kier alpha value is -2.22. The van der Waals surface area contributed by atoms with Crippen LogP contribution < -0.4 is 5.32 Å². The first-order chi connectivity index (χ1) is 8.93. The van der Waals surface area contributed by atoms with E-state index in [4.69, 9.17) is 4.74 Å². The van der Waals surface area contributed by atoms with E-state index in [1.54, 1.807) is 6.92 Å². The number of amides is 1. The summed E-state index contributed by atoms with van der Waals surface area (Å²) in [6.45, 7) is 3.06. The Labute approximate surface area is 113 Å². The Morgan fingerprint density at radius 1 is 1.53 bits per heavy atom. The molecule has 0 aliphatic carbocycles. The van der Waals surface area contributed by atoms with Crippen LogP contribution in [0, 0.1) is 10.1 Å². The van der Waals surface area contributed by atoms with Crippen molar-refractivity contribution in [2.24, 2.45) is 0 Å². The molecular weight excluding hydrogens is 272 g/mol. The zero-order valence-corrected chi connectivity index (χ0v) is 11.2. The molecule has 1 aromatic rings. The number of nitrogens with one attached hydrogen (secondary N) is 1. The number of nitrogens with zero attached hydrogens (tertiary/aromatic N) is 1. The summed E-state index contributed by atoms with van der Waals surface area (Å²) >= 11 is 0.897. The first-order valence-corrected chi connectivity index (χ1v) is 6.16. The van der Waals surface area contributed by atoms with E-state index in [9.17, 15) is 19.7 Å². The maximum absolute atomic E-state index is 11.6. The maximum Gasteiger partial charge on any atom is 0.354 e. The van der Waals surface area contributed by atoms with Gasteiger partial charge in [-0.05, 0) is 19.1 Å². The van der Waals surface area contributed by atoms with Gasteiger partial charge in [0.2, 0.25) is 5.91 Å². The van der Waals surface area contributed by atoms with Gasteiger partial charge in [0.05, 0.1) is 11.5 Å². The van der Waals surface area contributed by atoms with Gasteiger partial charge in [-0.25, -0.2) is 4.79 Å². The number of hydrogen-bond donors (Lipinski definition) is 1. The van der Waals surface area contributed by atoms with Crippen LogP contribution in [0.5, 0.6) is 0 Å². The first kappa shape index (κ1) is 14.8. The van der Waals surface area contributed by atoms with E-state index in [-0.39, 0.29) is 17.3 Å². The van der Waals surface area contributed by atoms with Crippen LogP contribution in [-0.4, -0.2) is 23.4 Å². The smallest absolute Gasteiger partial charge is 0.354 e. The maximum atomic E-state index is 11.6. The number of hydrogen-bond acceptors (Lipinski definition) is 6. The minimum atomic E-state index is -0.686. The van der Waals surface area contributed by atoms with Gasteiger partial charge in [-0.3, -0.25) is 14.9 Å². The highest BCUT2D eigenvalue weighted by molar-refractivity contribution is 7.16. The predicted octanol–water partition coefficient (Wildman–Crippen LogP) is 1.70. The minimum Gasteiger partial charge on any atom is -0.461 e. The highest BCUT2D eigenvalue weighted by Crippen LogP contribution is 2.25. The molecule has 0 radical (unpaired) electrons. The summed E-state index contributed by atoms with van der Waals surface area (Å²) in [6, 6.07) is 2.82. The van der Waals surface area contributed by atoms with Gasteiger partial charge < -0.3 is 10.1 Å². The molecule has 0 unspecified atom stereocenters. The molecule has 7 nitrogen and oxygen atoms in total. The van der Waals surface area contributed by atoms with Crippen molar-refractivity contribution in [2.75, 3.05) is 6.61 Å². The monoisotopic (exact) mass is 284 g/mol. The molecule has 0 aliphatic rings. The van der Waals surface area contributed by atoms with E-state index in [0.717, 1.165) is 11.3 Å². The van der Waals surface area contributed by atoms with Crippen molar-refractivity contribution in [2.45, 2.75) is 13.8 Å². The molecule has 0 spiro atoms. The minimum absolute atomic E-state index is 0.0442. The van der Waals surface area contributed by atoms with Gasteiger partial charge in [-0.2, -0.15) is 0 Å². The molecule has 0 bridgehead atoms. The fraction of sp³-hybridized carbons (Fsp3) is 0.273. The SMILES string of the molecule is CCOC(=O)/C(=C/c1ccc([N+](=O)[O-])s1)NC(C)=O. The van der Waals surface area contributed by atoms with E-state index < -0.39 is 16.8 Å². The molecule has 8 heteroatoms. The molecule has 1 N–H and O–H groups in total. The number of nitro groups is 1. The second-order valence-corrected chi connectivity index (χ2v) is 4.49. The largest absolute Gasteiger partial charge is 0.461 e. The summed E-state index contributed by atoms with van der Waals surface area (Å²) in [5.74, 6) is -1.11. The van der Waals surface area contributed by atoms with E-state index >= 15 is 0 Å². The normalized spacial score (nSPS) is 10.9. The zero-order chi connectivity index (χ0) is 14.4. The molecule has 19 heavy (non-hydrogen) atoms. The van der Waals surface area contributed by atoms with Crippen LogP contribution in [0.2, 0.25) is 0 Å². The fourth-order valence-corrected chi connectivity index (χ4v) is 1.97. The molecule has 0 aliphatic heterocycles. The Morgan fingerprint density at radius 3 is 2.68 bits per heavy atom. The number of rotatable bonds is 5. The average Bonchev–Trinajstić information content (AvgIpc) is 2.76. The van der Waals surface area contributed by atoms with Crippen LogP contribution in [0.4, 0.5) is 5.00 Å². The molecule has 0 fully saturated rings. The molecule has 0 saturated heterocycles. The summed E-state index contributed by atoms with van der Waals surface area (Å²) in [5, 5.41) is 12.8. The van der Waals surface area contributed by atoms with Crippen molar-refractivity contribution in [3.63, 3.8) is 0 Å². The van der Waals surface area contributed by atoms with Crippen molar-refractivity contribution >= 4 is 34.3 Å². The summed E-state index contributed by atoms with van der Waals surface area (Å²) in [4.78, 5) is 33.1. The van der Waals surface area contributed by atoms with E-state index in [2.05, 4.69) is 5.32 Å². The Kier molecular flexibility index (Phi) is 5.19. The molecule has 102 valence electrons. The molecular formula is C11H12N2O5S. The lowest BCUT2D eigenvalue weighted by atomic mass is 10.3. The van der Waals surface area contributed by atoms with E-state index in [1.165, 1.54) is 25.1 Å². The molecule has 1 heterocycles. The first-order valence-electron chi connectivity index (χ1n) is 5.34.